The van der Waals surface area contributed by atoms with Gasteiger partial charge in [0.2, 0.25) is 0 Å². The third-order valence-corrected chi connectivity index (χ3v) is 4.23. The van der Waals surface area contributed by atoms with Gasteiger partial charge in [-0.2, -0.15) is 0 Å². The number of rotatable bonds is 6. The largest absolute Gasteiger partial charge is 0.397 e. The fourth-order valence-corrected chi connectivity index (χ4v) is 3.16. The first-order valence-electron chi connectivity index (χ1n) is 6.63. The highest BCUT2D eigenvalue weighted by Gasteiger charge is 2.32. The molecular weight excluding hydrogens is 246 g/mol. The van der Waals surface area contributed by atoms with E-state index in [4.69, 9.17) is 5.73 Å². The molecule has 0 aromatic carbocycles. The molecule has 4 nitrogen and oxygen atoms in total. The number of nitrogens with two attached hydrogens (primary N) is 1. The van der Waals surface area contributed by atoms with Gasteiger partial charge in [0.25, 0.3) is 5.91 Å². The topological polar surface area (TPSA) is 67.2 Å². The van der Waals surface area contributed by atoms with Crippen LogP contribution in [0, 0.1) is 0 Å². The number of carbonyl (C=O) groups is 1. The van der Waals surface area contributed by atoms with Crippen molar-refractivity contribution in [1.29, 1.82) is 0 Å². The van der Waals surface area contributed by atoms with Gasteiger partial charge in [-0.1, -0.05) is 6.92 Å². The predicted octanol–water partition coefficient (Wildman–Crippen LogP) is 2.78. The molecule has 1 aliphatic rings. The first-order chi connectivity index (χ1) is 8.69. The standard InChI is InChI=1S/C13H21N3OS/c1-3-7-16-13-9(8-5-6-8)10(14)11(18-13)12(17)15-4-2/h8,16H,3-7,14H2,1-2H3,(H,15,17). The molecule has 0 atom stereocenters. The number of nitrogens with one attached hydrogen (secondary N) is 2. The molecule has 0 unspecified atom stereocenters. The average Bonchev–Trinajstić information content (AvgIpc) is 3.12. The summed E-state index contributed by atoms with van der Waals surface area (Å²) in [5, 5.41) is 7.32. The number of hydrogen-bond donors (Lipinski definition) is 3. The van der Waals surface area contributed by atoms with E-state index in [-0.39, 0.29) is 5.91 Å². The van der Waals surface area contributed by atoms with Crippen LogP contribution in [0.3, 0.4) is 0 Å². The SMILES string of the molecule is CCCNc1sc(C(=O)NCC)c(N)c1C1CC1. The molecule has 1 fully saturated rings. The first kappa shape index (κ1) is 13.2. The van der Waals surface area contributed by atoms with E-state index in [1.807, 2.05) is 6.92 Å². The third-order valence-electron chi connectivity index (χ3n) is 3.05. The van der Waals surface area contributed by atoms with Gasteiger partial charge in [0.05, 0.1) is 10.7 Å². The highest BCUT2D eigenvalue weighted by atomic mass is 32.1. The van der Waals surface area contributed by atoms with Gasteiger partial charge in [0.15, 0.2) is 0 Å². The van der Waals surface area contributed by atoms with Gasteiger partial charge in [-0.15, -0.1) is 11.3 Å². The zero-order chi connectivity index (χ0) is 13.1. The second-order valence-electron chi connectivity index (χ2n) is 4.65. The summed E-state index contributed by atoms with van der Waals surface area (Å²) in [6.07, 6.45) is 3.45. The van der Waals surface area contributed by atoms with Crippen molar-refractivity contribution in [3.05, 3.63) is 10.4 Å². The van der Waals surface area contributed by atoms with E-state index in [9.17, 15) is 4.79 Å². The number of nitrogen functional groups attached to an aromatic ring is 1. The fraction of sp³-hybridized carbons (Fsp3) is 0.615. The molecule has 1 heterocycles. The van der Waals surface area contributed by atoms with E-state index in [1.54, 1.807) is 0 Å². The predicted molar refractivity (Wildman–Crippen MR) is 77.5 cm³/mol. The van der Waals surface area contributed by atoms with Crippen molar-refractivity contribution < 1.29 is 4.79 Å². The lowest BCUT2D eigenvalue weighted by Crippen LogP contribution is -2.22. The smallest absolute Gasteiger partial charge is 0.263 e. The molecule has 100 valence electrons. The molecule has 0 aliphatic heterocycles. The van der Waals surface area contributed by atoms with Gasteiger partial charge in [-0.3, -0.25) is 4.79 Å². The maximum Gasteiger partial charge on any atom is 0.263 e. The molecule has 0 saturated heterocycles. The molecule has 5 heteroatoms. The Bertz CT molecular complexity index is 438. The summed E-state index contributed by atoms with van der Waals surface area (Å²) >= 11 is 1.49. The lowest BCUT2D eigenvalue weighted by atomic mass is 10.1. The van der Waals surface area contributed by atoms with E-state index in [0.29, 0.717) is 23.0 Å². The maximum atomic E-state index is 11.9. The van der Waals surface area contributed by atoms with E-state index >= 15 is 0 Å². The Kier molecular flexibility index (Phi) is 4.11. The second-order valence-corrected chi connectivity index (χ2v) is 5.67. The van der Waals surface area contributed by atoms with Crippen LogP contribution in [0.25, 0.3) is 0 Å². The monoisotopic (exact) mass is 267 g/mol. The Morgan fingerprint density at radius 2 is 2.17 bits per heavy atom. The van der Waals surface area contributed by atoms with Crippen molar-refractivity contribution in [1.82, 2.24) is 5.32 Å². The molecule has 1 aromatic rings. The quantitative estimate of drug-likeness (QED) is 0.742. The van der Waals surface area contributed by atoms with Gasteiger partial charge in [0, 0.05) is 18.7 Å². The molecular formula is C13H21N3OS. The normalized spacial score (nSPS) is 14.6. The van der Waals surface area contributed by atoms with E-state index in [0.717, 1.165) is 18.0 Å². The number of hydrogen-bond acceptors (Lipinski definition) is 4. The Morgan fingerprint density at radius 3 is 2.72 bits per heavy atom. The Hall–Kier alpha value is -1.23. The molecule has 4 N–H and O–H groups in total. The molecule has 1 amide bonds. The zero-order valence-electron chi connectivity index (χ0n) is 11.0. The van der Waals surface area contributed by atoms with Crippen molar-refractivity contribution in [2.45, 2.75) is 39.0 Å². The summed E-state index contributed by atoms with van der Waals surface area (Å²) in [6.45, 7) is 5.60. The minimum absolute atomic E-state index is 0.0496. The van der Waals surface area contributed by atoms with Crippen molar-refractivity contribution in [3.63, 3.8) is 0 Å². The Morgan fingerprint density at radius 1 is 1.44 bits per heavy atom. The minimum atomic E-state index is -0.0496. The Labute approximate surface area is 112 Å². The molecule has 18 heavy (non-hydrogen) atoms. The van der Waals surface area contributed by atoms with Crippen LogP contribution in [-0.2, 0) is 0 Å². The molecule has 0 spiro atoms. The molecule has 2 rings (SSSR count). The lowest BCUT2D eigenvalue weighted by molar-refractivity contribution is 0.0960. The molecule has 1 aromatic heterocycles. The van der Waals surface area contributed by atoms with Crippen molar-refractivity contribution in [2.24, 2.45) is 0 Å². The van der Waals surface area contributed by atoms with Gasteiger partial charge >= 0.3 is 0 Å². The van der Waals surface area contributed by atoms with Gasteiger partial charge in [-0.25, -0.2) is 0 Å². The van der Waals surface area contributed by atoms with Crippen LogP contribution in [0.4, 0.5) is 10.7 Å². The van der Waals surface area contributed by atoms with Crippen LogP contribution in [0.1, 0.15) is 54.3 Å². The highest BCUT2D eigenvalue weighted by Crippen LogP contribution is 2.50. The van der Waals surface area contributed by atoms with E-state index in [2.05, 4.69) is 17.6 Å². The summed E-state index contributed by atoms with van der Waals surface area (Å²) < 4.78 is 0. The van der Waals surface area contributed by atoms with Crippen LogP contribution in [0.5, 0.6) is 0 Å². The number of carbonyl (C=O) groups excluding carboxylic acids is 1. The summed E-state index contributed by atoms with van der Waals surface area (Å²) in [5.74, 6) is 0.509. The molecule has 1 aliphatic carbocycles. The van der Waals surface area contributed by atoms with Crippen LogP contribution >= 0.6 is 11.3 Å². The van der Waals surface area contributed by atoms with Gasteiger partial charge < -0.3 is 16.4 Å². The highest BCUT2D eigenvalue weighted by molar-refractivity contribution is 7.18. The van der Waals surface area contributed by atoms with Crippen LogP contribution in [-0.4, -0.2) is 19.0 Å². The Balaban J connectivity index is 2.27. The average molecular weight is 267 g/mol. The molecule has 1 saturated carbocycles. The fourth-order valence-electron chi connectivity index (χ4n) is 2.01. The van der Waals surface area contributed by atoms with Crippen molar-refractivity contribution in [2.75, 3.05) is 24.1 Å². The second kappa shape index (κ2) is 5.61. The number of thiophene rings is 1. The van der Waals surface area contributed by atoms with Crippen LogP contribution in [0.2, 0.25) is 0 Å². The van der Waals surface area contributed by atoms with E-state index in [1.165, 1.54) is 29.7 Å². The number of amides is 1. The van der Waals surface area contributed by atoms with Gasteiger partial charge in [-0.05, 0) is 32.1 Å². The summed E-state index contributed by atoms with van der Waals surface area (Å²) in [4.78, 5) is 12.6. The minimum Gasteiger partial charge on any atom is -0.397 e. The third kappa shape index (κ3) is 2.61. The number of anilines is 2. The van der Waals surface area contributed by atoms with E-state index < -0.39 is 0 Å². The van der Waals surface area contributed by atoms with Gasteiger partial charge in [0.1, 0.15) is 4.88 Å². The summed E-state index contributed by atoms with van der Waals surface area (Å²) in [6, 6.07) is 0. The summed E-state index contributed by atoms with van der Waals surface area (Å²) in [5.41, 5.74) is 8.02. The lowest BCUT2D eigenvalue weighted by Gasteiger charge is -2.05. The van der Waals surface area contributed by atoms with Crippen molar-refractivity contribution >= 4 is 27.9 Å². The zero-order valence-corrected chi connectivity index (χ0v) is 11.8. The molecule has 0 radical (unpaired) electrons. The van der Waals surface area contributed by atoms with Crippen LogP contribution < -0.4 is 16.4 Å². The van der Waals surface area contributed by atoms with Crippen LogP contribution in [0.15, 0.2) is 0 Å². The summed E-state index contributed by atoms with van der Waals surface area (Å²) in [7, 11) is 0. The molecule has 0 bridgehead atoms. The maximum absolute atomic E-state index is 11.9. The first-order valence-corrected chi connectivity index (χ1v) is 7.44. The van der Waals surface area contributed by atoms with Crippen molar-refractivity contribution in [3.8, 4) is 0 Å².